The molecule has 122 valence electrons. The minimum absolute atomic E-state index is 0.0294. The highest BCUT2D eigenvalue weighted by molar-refractivity contribution is 7.89. The number of thiophene rings is 1. The van der Waals surface area contributed by atoms with Crippen molar-refractivity contribution in [2.24, 2.45) is 0 Å². The van der Waals surface area contributed by atoms with Gasteiger partial charge in [0, 0.05) is 30.2 Å². The number of hydrogen-bond acceptors (Lipinski definition) is 5. The van der Waals surface area contributed by atoms with E-state index >= 15 is 0 Å². The third-order valence-electron chi connectivity index (χ3n) is 3.72. The highest BCUT2D eigenvalue weighted by atomic mass is 32.2. The number of anilines is 1. The molecule has 1 aliphatic rings. The van der Waals surface area contributed by atoms with Gasteiger partial charge >= 0.3 is 5.97 Å². The molecule has 8 heteroatoms. The van der Waals surface area contributed by atoms with Gasteiger partial charge in [-0.1, -0.05) is 18.2 Å². The molecular formula is C15H16N2O4S2. The van der Waals surface area contributed by atoms with Crippen LogP contribution in [-0.4, -0.2) is 42.9 Å². The van der Waals surface area contributed by atoms with E-state index in [1.807, 2.05) is 30.3 Å². The van der Waals surface area contributed by atoms with Crippen LogP contribution in [0, 0.1) is 0 Å². The minimum atomic E-state index is -3.64. The fourth-order valence-corrected chi connectivity index (χ4v) is 5.15. The van der Waals surface area contributed by atoms with Crippen molar-refractivity contribution in [3.8, 4) is 0 Å². The number of nitrogens with one attached hydrogen (secondary N) is 1. The van der Waals surface area contributed by atoms with Crippen LogP contribution >= 0.6 is 11.3 Å². The molecule has 1 aromatic carbocycles. The van der Waals surface area contributed by atoms with Gasteiger partial charge in [0.05, 0.1) is 4.90 Å². The molecule has 1 saturated heterocycles. The molecule has 0 saturated carbocycles. The number of carbonyl (C=O) groups is 1. The lowest BCUT2D eigenvalue weighted by molar-refractivity contribution is 0.0702. The second-order valence-corrected chi connectivity index (χ2v) is 8.16. The average Bonchev–Trinajstić information content (AvgIpc) is 3.18. The van der Waals surface area contributed by atoms with Gasteiger partial charge < -0.3 is 10.4 Å². The summed E-state index contributed by atoms with van der Waals surface area (Å²) in [5, 5.41) is 13.6. The van der Waals surface area contributed by atoms with E-state index in [-0.39, 0.29) is 15.8 Å². The lowest BCUT2D eigenvalue weighted by Crippen LogP contribution is -2.31. The van der Waals surface area contributed by atoms with Crippen LogP contribution in [0.2, 0.25) is 0 Å². The first-order valence-electron chi connectivity index (χ1n) is 7.10. The summed E-state index contributed by atoms with van der Waals surface area (Å²) in [5.41, 5.74) is 0.959. The van der Waals surface area contributed by atoms with Crippen LogP contribution in [0.25, 0.3) is 0 Å². The Morgan fingerprint density at radius 2 is 2.04 bits per heavy atom. The standard InChI is InChI=1S/C15H16N2O4S2/c18-15(19)14-8-13(10-22-14)23(20,21)17-7-6-12(9-17)16-11-4-2-1-3-5-11/h1-5,8,10,12,16H,6-7,9H2,(H,18,19). The molecule has 0 aliphatic carbocycles. The maximum absolute atomic E-state index is 12.6. The number of hydrogen-bond donors (Lipinski definition) is 2. The summed E-state index contributed by atoms with van der Waals surface area (Å²) in [6.07, 6.45) is 0.712. The second-order valence-electron chi connectivity index (χ2n) is 5.31. The number of benzene rings is 1. The van der Waals surface area contributed by atoms with Crippen molar-refractivity contribution in [2.75, 3.05) is 18.4 Å². The monoisotopic (exact) mass is 352 g/mol. The summed E-state index contributed by atoms with van der Waals surface area (Å²) in [6.45, 7) is 0.792. The first kappa shape index (κ1) is 16.0. The molecule has 1 aromatic heterocycles. The van der Waals surface area contributed by atoms with Crippen molar-refractivity contribution < 1.29 is 18.3 Å². The predicted molar refractivity (Wildman–Crippen MR) is 88.5 cm³/mol. The summed E-state index contributed by atoms with van der Waals surface area (Å²) in [4.78, 5) is 11.0. The topological polar surface area (TPSA) is 86.7 Å². The number of carboxylic acid groups (broad SMARTS) is 1. The van der Waals surface area contributed by atoms with Crippen LogP contribution in [-0.2, 0) is 10.0 Å². The zero-order chi connectivity index (χ0) is 16.4. The van der Waals surface area contributed by atoms with Crippen molar-refractivity contribution >= 4 is 33.0 Å². The minimum Gasteiger partial charge on any atom is -0.477 e. The van der Waals surface area contributed by atoms with Crippen molar-refractivity contribution in [1.29, 1.82) is 0 Å². The second kappa shape index (κ2) is 6.31. The number of nitrogens with zero attached hydrogens (tertiary/aromatic N) is 1. The highest BCUT2D eigenvalue weighted by Gasteiger charge is 2.33. The zero-order valence-electron chi connectivity index (χ0n) is 12.2. The predicted octanol–water partition coefficient (Wildman–Crippen LogP) is 2.32. The van der Waals surface area contributed by atoms with E-state index in [9.17, 15) is 13.2 Å². The largest absolute Gasteiger partial charge is 0.477 e. The Balaban J connectivity index is 1.71. The first-order valence-corrected chi connectivity index (χ1v) is 9.42. The van der Waals surface area contributed by atoms with Crippen molar-refractivity contribution in [3.63, 3.8) is 0 Å². The average molecular weight is 352 g/mol. The Hall–Kier alpha value is -1.90. The van der Waals surface area contributed by atoms with Gasteiger partial charge in [-0.05, 0) is 24.6 Å². The fraction of sp³-hybridized carbons (Fsp3) is 0.267. The van der Waals surface area contributed by atoms with Crippen LogP contribution in [0.3, 0.4) is 0 Å². The molecule has 3 rings (SSSR count). The van der Waals surface area contributed by atoms with E-state index in [0.29, 0.717) is 19.5 Å². The summed E-state index contributed by atoms with van der Waals surface area (Å²) < 4.78 is 26.6. The van der Waals surface area contributed by atoms with Crippen LogP contribution in [0.1, 0.15) is 16.1 Å². The molecule has 0 amide bonds. The Morgan fingerprint density at radius 3 is 2.70 bits per heavy atom. The molecular weight excluding hydrogens is 336 g/mol. The van der Waals surface area contributed by atoms with Gasteiger partial charge in [0.1, 0.15) is 4.88 Å². The Kier molecular flexibility index (Phi) is 4.38. The Labute approximate surface area is 138 Å². The van der Waals surface area contributed by atoms with E-state index in [1.54, 1.807) is 0 Å². The van der Waals surface area contributed by atoms with Gasteiger partial charge in [0.25, 0.3) is 0 Å². The number of aromatic carboxylic acids is 1. The highest BCUT2D eigenvalue weighted by Crippen LogP contribution is 2.26. The van der Waals surface area contributed by atoms with Gasteiger partial charge in [0.15, 0.2) is 0 Å². The summed E-state index contributed by atoms with van der Waals surface area (Å²) in [5.74, 6) is -1.11. The molecule has 1 fully saturated rings. The van der Waals surface area contributed by atoms with Crippen LogP contribution in [0.5, 0.6) is 0 Å². The normalized spacial score (nSPS) is 18.9. The van der Waals surface area contributed by atoms with Gasteiger partial charge in [-0.3, -0.25) is 0 Å². The van der Waals surface area contributed by atoms with Gasteiger partial charge in [-0.2, -0.15) is 4.31 Å². The van der Waals surface area contributed by atoms with Gasteiger partial charge in [-0.15, -0.1) is 11.3 Å². The van der Waals surface area contributed by atoms with Crippen molar-refractivity contribution in [2.45, 2.75) is 17.4 Å². The lowest BCUT2D eigenvalue weighted by atomic mass is 10.2. The van der Waals surface area contributed by atoms with E-state index in [1.165, 1.54) is 15.8 Å². The quantitative estimate of drug-likeness (QED) is 0.862. The molecule has 2 N–H and O–H groups in total. The zero-order valence-corrected chi connectivity index (χ0v) is 13.8. The summed E-state index contributed by atoms with van der Waals surface area (Å²) >= 11 is 0.926. The van der Waals surface area contributed by atoms with Gasteiger partial charge in [0.2, 0.25) is 10.0 Å². The number of carboxylic acids is 1. The summed E-state index contributed by atoms with van der Waals surface area (Å²) in [6, 6.07) is 10.9. The molecule has 6 nitrogen and oxygen atoms in total. The SMILES string of the molecule is O=C(O)c1cc(S(=O)(=O)N2CCC(Nc3ccccc3)C2)cs1. The number of rotatable bonds is 5. The van der Waals surface area contributed by atoms with E-state index in [2.05, 4.69) is 5.32 Å². The van der Waals surface area contributed by atoms with Crippen LogP contribution in [0.4, 0.5) is 5.69 Å². The Morgan fingerprint density at radius 1 is 1.30 bits per heavy atom. The lowest BCUT2D eigenvalue weighted by Gasteiger charge is -2.17. The molecule has 1 unspecified atom stereocenters. The van der Waals surface area contributed by atoms with E-state index in [4.69, 9.17) is 5.11 Å². The maximum Gasteiger partial charge on any atom is 0.345 e. The smallest absolute Gasteiger partial charge is 0.345 e. The van der Waals surface area contributed by atoms with E-state index < -0.39 is 16.0 Å². The fourth-order valence-electron chi connectivity index (χ4n) is 2.55. The molecule has 1 aliphatic heterocycles. The van der Waals surface area contributed by atoms with Crippen LogP contribution in [0.15, 0.2) is 46.7 Å². The number of sulfonamides is 1. The van der Waals surface area contributed by atoms with Crippen LogP contribution < -0.4 is 5.32 Å². The molecule has 0 bridgehead atoms. The molecule has 2 aromatic rings. The van der Waals surface area contributed by atoms with E-state index in [0.717, 1.165) is 17.0 Å². The van der Waals surface area contributed by atoms with Gasteiger partial charge in [-0.25, -0.2) is 13.2 Å². The molecule has 0 spiro atoms. The summed E-state index contributed by atoms with van der Waals surface area (Å²) in [7, 11) is -3.64. The molecule has 1 atom stereocenters. The Bertz CT molecular complexity index is 802. The first-order chi connectivity index (χ1) is 11.0. The third kappa shape index (κ3) is 3.39. The third-order valence-corrected chi connectivity index (χ3v) is 6.63. The van der Waals surface area contributed by atoms with Crippen molar-refractivity contribution in [3.05, 3.63) is 46.7 Å². The number of para-hydroxylation sites is 1. The molecule has 23 heavy (non-hydrogen) atoms. The molecule has 2 heterocycles. The maximum atomic E-state index is 12.6. The molecule has 0 radical (unpaired) electrons. The van der Waals surface area contributed by atoms with Crippen molar-refractivity contribution in [1.82, 2.24) is 4.31 Å².